The zero-order valence-electron chi connectivity index (χ0n) is 13.2. The zero-order valence-corrected chi connectivity index (χ0v) is 14.0. The van der Waals surface area contributed by atoms with E-state index in [0.29, 0.717) is 0 Å². The lowest BCUT2D eigenvalue weighted by Gasteiger charge is -2.32. The summed E-state index contributed by atoms with van der Waals surface area (Å²) < 4.78 is 0. The monoisotopic (exact) mass is 294 g/mol. The van der Waals surface area contributed by atoms with E-state index in [4.69, 9.17) is 0 Å². The first-order chi connectivity index (χ1) is 9.33. The molecule has 112 valence electrons. The minimum absolute atomic E-state index is 0.0181. The third-order valence-electron chi connectivity index (χ3n) is 4.62. The van der Waals surface area contributed by atoms with Crippen LogP contribution in [-0.4, -0.2) is 22.9 Å². The maximum atomic E-state index is 12.8. The second kappa shape index (κ2) is 5.49. The molecule has 1 aromatic heterocycles. The highest BCUT2D eigenvalue weighted by molar-refractivity contribution is 7.07. The van der Waals surface area contributed by atoms with Gasteiger partial charge in [-0.1, -0.05) is 27.7 Å². The van der Waals surface area contributed by atoms with Gasteiger partial charge in [0.05, 0.1) is 5.54 Å². The van der Waals surface area contributed by atoms with Crippen molar-refractivity contribution in [2.75, 3.05) is 6.54 Å². The van der Waals surface area contributed by atoms with Crippen LogP contribution in [0, 0.1) is 5.41 Å². The topological polar surface area (TPSA) is 32.3 Å². The molecule has 0 saturated carbocycles. The number of amides is 1. The smallest absolute Gasteiger partial charge is 0.244 e. The molecule has 4 heteroatoms. The van der Waals surface area contributed by atoms with Crippen molar-refractivity contribution in [2.45, 2.75) is 59.2 Å². The van der Waals surface area contributed by atoms with Crippen LogP contribution in [0.5, 0.6) is 0 Å². The quantitative estimate of drug-likeness (QED) is 0.896. The molecule has 2 unspecified atom stereocenters. The van der Waals surface area contributed by atoms with Crippen LogP contribution in [0.1, 0.15) is 59.2 Å². The summed E-state index contributed by atoms with van der Waals surface area (Å²) in [6.07, 6.45) is 1.90. The maximum Gasteiger partial charge on any atom is 0.244 e. The molecule has 0 bridgehead atoms. The summed E-state index contributed by atoms with van der Waals surface area (Å²) in [5, 5.41) is 7.76. The van der Waals surface area contributed by atoms with Crippen LogP contribution in [0.2, 0.25) is 0 Å². The lowest BCUT2D eigenvalue weighted by Crippen LogP contribution is -2.44. The van der Waals surface area contributed by atoms with Gasteiger partial charge >= 0.3 is 0 Å². The van der Waals surface area contributed by atoms with Gasteiger partial charge in [0.25, 0.3) is 0 Å². The number of rotatable bonds is 5. The SMILES string of the molecule is CCC(C)(C)CN1C(=O)C(C)(CC)NC1c1ccsc1. The van der Waals surface area contributed by atoms with Crippen LogP contribution in [0.4, 0.5) is 0 Å². The Hall–Kier alpha value is -0.870. The van der Waals surface area contributed by atoms with Gasteiger partial charge in [0, 0.05) is 6.54 Å². The van der Waals surface area contributed by atoms with E-state index >= 15 is 0 Å². The van der Waals surface area contributed by atoms with Gasteiger partial charge in [0.2, 0.25) is 5.91 Å². The summed E-state index contributed by atoms with van der Waals surface area (Å²) in [5.41, 5.74) is 0.911. The highest BCUT2D eigenvalue weighted by atomic mass is 32.1. The molecule has 1 N–H and O–H groups in total. The molecule has 3 nitrogen and oxygen atoms in total. The number of hydrogen-bond acceptors (Lipinski definition) is 3. The van der Waals surface area contributed by atoms with Crippen molar-refractivity contribution in [3.05, 3.63) is 22.4 Å². The second-order valence-electron chi connectivity index (χ2n) is 6.74. The summed E-state index contributed by atoms with van der Waals surface area (Å²) in [6.45, 7) is 11.5. The Morgan fingerprint density at radius 3 is 2.65 bits per heavy atom. The van der Waals surface area contributed by atoms with Crippen molar-refractivity contribution in [1.29, 1.82) is 0 Å². The molecule has 1 saturated heterocycles. The molecule has 1 aromatic rings. The number of hydrogen-bond donors (Lipinski definition) is 1. The molecule has 2 atom stereocenters. The highest BCUT2D eigenvalue weighted by Gasteiger charge is 2.48. The number of nitrogens with zero attached hydrogens (tertiary/aromatic N) is 1. The molecule has 0 radical (unpaired) electrons. The third-order valence-corrected chi connectivity index (χ3v) is 5.32. The Balaban J connectivity index is 2.31. The third kappa shape index (κ3) is 2.77. The fourth-order valence-corrected chi connectivity index (χ4v) is 3.24. The van der Waals surface area contributed by atoms with Gasteiger partial charge in [0.15, 0.2) is 0 Å². The first-order valence-electron chi connectivity index (χ1n) is 7.44. The van der Waals surface area contributed by atoms with Gasteiger partial charge in [-0.05, 0) is 47.6 Å². The first-order valence-corrected chi connectivity index (χ1v) is 8.38. The number of carbonyl (C=O) groups is 1. The van der Waals surface area contributed by atoms with Gasteiger partial charge in [-0.3, -0.25) is 10.1 Å². The summed E-state index contributed by atoms with van der Waals surface area (Å²) in [6, 6.07) is 2.11. The highest BCUT2D eigenvalue weighted by Crippen LogP contribution is 2.36. The Bertz CT molecular complexity index is 469. The summed E-state index contributed by atoms with van der Waals surface area (Å²) in [4.78, 5) is 14.9. The van der Waals surface area contributed by atoms with Crippen LogP contribution >= 0.6 is 11.3 Å². The molecule has 0 aliphatic carbocycles. The van der Waals surface area contributed by atoms with Crippen molar-refractivity contribution in [3.63, 3.8) is 0 Å². The predicted molar refractivity (Wildman–Crippen MR) is 84.7 cm³/mol. The predicted octanol–water partition coefficient (Wildman–Crippen LogP) is 3.78. The van der Waals surface area contributed by atoms with E-state index in [2.05, 4.69) is 49.8 Å². The van der Waals surface area contributed by atoms with E-state index in [9.17, 15) is 4.79 Å². The van der Waals surface area contributed by atoms with E-state index in [1.807, 2.05) is 11.8 Å². The molecule has 20 heavy (non-hydrogen) atoms. The Morgan fingerprint density at radius 2 is 2.15 bits per heavy atom. The average molecular weight is 294 g/mol. The standard InChI is InChI=1S/C16H26N2OS/c1-6-15(3,4)11-18-13(12-8-9-20-10-12)17-16(5,7-2)14(18)19/h8-10,13,17H,6-7,11H2,1-5H3. The van der Waals surface area contributed by atoms with Crippen LogP contribution in [0.15, 0.2) is 16.8 Å². The minimum Gasteiger partial charge on any atom is -0.321 e. The van der Waals surface area contributed by atoms with Gasteiger partial charge in [-0.2, -0.15) is 11.3 Å². The second-order valence-corrected chi connectivity index (χ2v) is 7.52. The van der Waals surface area contributed by atoms with Crippen LogP contribution in [0.25, 0.3) is 0 Å². The molecule has 2 rings (SSSR count). The Morgan fingerprint density at radius 1 is 1.45 bits per heavy atom. The van der Waals surface area contributed by atoms with Crippen molar-refractivity contribution in [1.82, 2.24) is 10.2 Å². The number of carbonyl (C=O) groups excluding carboxylic acids is 1. The van der Waals surface area contributed by atoms with E-state index in [0.717, 1.165) is 19.4 Å². The number of thiophene rings is 1. The van der Waals surface area contributed by atoms with Crippen molar-refractivity contribution in [3.8, 4) is 0 Å². The van der Waals surface area contributed by atoms with E-state index in [-0.39, 0.29) is 17.5 Å². The van der Waals surface area contributed by atoms with E-state index in [1.165, 1.54) is 5.56 Å². The fourth-order valence-electron chi connectivity index (χ4n) is 2.56. The van der Waals surface area contributed by atoms with Crippen molar-refractivity contribution in [2.24, 2.45) is 5.41 Å². The molecular formula is C16H26N2OS. The lowest BCUT2D eigenvalue weighted by molar-refractivity contribution is -0.134. The minimum atomic E-state index is -0.434. The molecule has 1 aliphatic rings. The lowest BCUT2D eigenvalue weighted by atomic mass is 9.89. The maximum absolute atomic E-state index is 12.8. The summed E-state index contributed by atoms with van der Waals surface area (Å²) >= 11 is 1.68. The molecule has 2 heterocycles. The molecule has 1 fully saturated rings. The largest absolute Gasteiger partial charge is 0.321 e. The van der Waals surface area contributed by atoms with E-state index < -0.39 is 5.54 Å². The zero-order chi connectivity index (χ0) is 15.0. The van der Waals surface area contributed by atoms with Gasteiger partial charge < -0.3 is 4.90 Å². The van der Waals surface area contributed by atoms with Gasteiger partial charge in [0.1, 0.15) is 6.17 Å². The molecule has 1 aliphatic heterocycles. The summed E-state index contributed by atoms with van der Waals surface area (Å²) in [5.74, 6) is 0.234. The van der Waals surface area contributed by atoms with Gasteiger partial charge in [-0.15, -0.1) is 0 Å². The van der Waals surface area contributed by atoms with Crippen LogP contribution in [0.3, 0.4) is 0 Å². The average Bonchev–Trinajstić information content (AvgIpc) is 3.02. The Labute approximate surface area is 126 Å². The normalized spacial score (nSPS) is 27.4. The molecule has 1 amide bonds. The fraction of sp³-hybridized carbons (Fsp3) is 0.688. The van der Waals surface area contributed by atoms with Gasteiger partial charge in [-0.25, -0.2) is 0 Å². The number of nitrogens with one attached hydrogen (secondary N) is 1. The van der Waals surface area contributed by atoms with Crippen LogP contribution < -0.4 is 5.32 Å². The summed E-state index contributed by atoms with van der Waals surface area (Å²) in [7, 11) is 0. The Kier molecular flexibility index (Phi) is 4.26. The molecular weight excluding hydrogens is 268 g/mol. The van der Waals surface area contributed by atoms with Crippen molar-refractivity contribution >= 4 is 17.2 Å². The first kappa shape index (κ1) is 15.5. The van der Waals surface area contributed by atoms with E-state index in [1.54, 1.807) is 11.3 Å². The van der Waals surface area contributed by atoms with Crippen LogP contribution in [-0.2, 0) is 4.79 Å². The van der Waals surface area contributed by atoms with Crippen molar-refractivity contribution < 1.29 is 4.79 Å². The molecule has 0 spiro atoms. The molecule has 0 aromatic carbocycles.